The van der Waals surface area contributed by atoms with E-state index in [2.05, 4.69) is 17.9 Å². The van der Waals surface area contributed by atoms with E-state index in [0.717, 1.165) is 25.3 Å². The SMILES string of the molecule is CCCC1CCN(CCCC(C)(N)C#N)C1. The van der Waals surface area contributed by atoms with Crippen molar-refractivity contribution in [2.45, 2.75) is 51.5 Å². The van der Waals surface area contributed by atoms with Gasteiger partial charge in [-0.3, -0.25) is 0 Å². The summed E-state index contributed by atoms with van der Waals surface area (Å²) in [6, 6.07) is 2.16. The molecule has 0 bridgehead atoms. The van der Waals surface area contributed by atoms with Crippen LogP contribution in [-0.2, 0) is 0 Å². The van der Waals surface area contributed by atoms with Crippen LogP contribution in [0.3, 0.4) is 0 Å². The molecule has 3 nitrogen and oxygen atoms in total. The summed E-state index contributed by atoms with van der Waals surface area (Å²) in [7, 11) is 0. The number of hydrogen-bond donors (Lipinski definition) is 1. The van der Waals surface area contributed by atoms with E-state index in [1.807, 2.05) is 6.92 Å². The van der Waals surface area contributed by atoms with Crippen molar-refractivity contribution in [1.29, 1.82) is 5.26 Å². The van der Waals surface area contributed by atoms with Crippen LogP contribution in [0.4, 0.5) is 0 Å². The third kappa shape index (κ3) is 4.51. The van der Waals surface area contributed by atoms with Gasteiger partial charge >= 0.3 is 0 Å². The lowest BCUT2D eigenvalue weighted by molar-refractivity contribution is 0.304. The third-order valence-corrected chi connectivity index (χ3v) is 3.49. The number of nitrogens with two attached hydrogens (primary N) is 1. The predicted octanol–water partition coefficient (Wildman–Crippen LogP) is 2.13. The minimum absolute atomic E-state index is 0.636. The highest BCUT2D eigenvalue weighted by Crippen LogP contribution is 2.21. The van der Waals surface area contributed by atoms with Crippen molar-refractivity contribution >= 4 is 0 Å². The maximum Gasteiger partial charge on any atom is 0.101 e. The van der Waals surface area contributed by atoms with E-state index in [0.29, 0.717) is 0 Å². The Morgan fingerprint density at radius 2 is 2.31 bits per heavy atom. The average Bonchev–Trinajstić information content (AvgIpc) is 2.66. The van der Waals surface area contributed by atoms with E-state index in [1.54, 1.807) is 0 Å². The molecule has 92 valence electrons. The first-order chi connectivity index (χ1) is 7.57. The normalized spacial score (nSPS) is 25.2. The van der Waals surface area contributed by atoms with Crippen LogP contribution in [0.1, 0.15) is 46.0 Å². The van der Waals surface area contributed by atoms with Crippen molar-refractivity contribution in [3.8, 4) is 6.07 Å². The van der Waals surface area contributed by atoms with Crippen molar-refractivity contribution in [2.75, 3.05) is 19.6 Å². The maximum atomic E-state index is 8.81. The maximum absolute atomic E-state index is 8.81. The van der Waals surface area contributed by atoms with Crippen LogP contribution in [-0.4, -0.2) is 30.1 Å². The average molecular weight is 223 g/mol. The largest absolute Gasteiger partial charge is 0.314 e. The molecule has 0 aliphatic carbocycles. The number of rotatable bonds is 6. The molecule has 2 N–H and O–H groups in total. The summed E-state index contributed by atoms with van der Waals surface area (Å²) in [6.07, 6.45) is 5.86. The molecule has 16 heavy (non-hydrogen) atoms. The lowest BCUT2D eigenvalue weighted by Gasteiger charge is -2.19. The van der Waals surface area contributed by atoms with E-state index < -0.39 is 5.54 Å². The lowest BCUT2D eigenvalue weighted by Crippen LogP contribution is -2.35. The summed E-state index contributed by atoms with van der Waals surface area (Å²) in [4.78, 5) is 2.52. The van der Waals surface area contributed by atoms with E-state index >= 15 is 0 Å². The first-order valence-electron chi connectivity index (χ1n) is 6.50. The van der Waals surface area contributed by atoms with Gasteiger partial charge in [-0.2, -0.15) is 5.26 Å². The van der Waals surface area contributed by atoms with Crippen LogP contribution in [0.25, 0.3) is 0 Å². The predicted molar refractivity (Wildman–Crippen MR) is 66.9 cm³/mol. The molecule has 0 spiro atoms. The summed E-state index contributed by atoms with van der Waals surface area (Å²) >= 11 is 0. The Hall–Kier alpha value is -0.590. The minimum Gasteiger partial charge on any atom is -0.314 e. The summed E-state index contributed by atoms with van der Waals surface area (Å²) < 4.78 is 0. The summed E-state index contributed by atoms with van der Waals surface area (Å²) in [5, 5.41) is 8.81. The van der Waals surface area contributed by atoms with Gasteiger partial charge in [0.05, 0.1) is 6.07 Å². The van der Waals surface area contributed by atoms with Gasteiger partial charge in [0.1, 0.15) is 5.54 Å². The summed E-state index contributed by atoms with van der Waals surface area (Å²) in [5.74, 6) is 0.908. The monoisotopic (exact) mass is 223 g/mol. The Bertz CT molecular complexity index is 242. The Balaban J connectivity index is 2.14. The fourth-order valence-corrected chi connectivity index (χ4v) is 2.49. The smallest absolute Gasteiger partial charge is 0.101 e. The van der Waals surface area contributed by atoms with Gasteiger partial charge in [0.25, 0.3) is 0 Å². The molecule has 2 atom stereocenters. The highest BCUT2D eigenvalue weighted by atomic mass is 15.1. The molecule has 0 aromatic rings. The van der Waals surface area contributed by atoms with Crippen molar-refractivity contribution in [3.05, 3.63) is 0 Å². The van der Waals surface area contributed by atoms with Gasteiger partial charge in [-0.05, 0) is 51.6 Å². The fraction of sp³-hybridized carbons (Fsp3) is 0.923. The second kappa shape index (κ2) is 6.22. The molecule has 2 unspecified atom stereocenters. The number of nitriles is 1. The van der Waals surface area contributed by atoms with Crippen molar-refractivity contribution in [2.24, 2.45) is 11.7 Å². The Morgan fingerprint density at radius 3 is 2.94 bits per heavy atom. The quantitative estimate of drug-likeness (QED) is 0.750. The van der Waals surface area contributed by atoms with Crippen LogP contribution in [0.5, 0.6) is 0 Å². The molecule has 0 aromatic carbocycles. The lowest BCUT2D eigenvalue weighted by atomic mass is 9.99. The highest BCUT2D eigenvalue weighted by Gasteiger charge is 2.22. The molecule has 1 saturated heterocycles. The Kier molecular flexibility index (Phi) is 5.24. The molecule has 0 amide bonds. The molecular formula is C13H25N3. The molecule has 1 aliphatic heterocycles. The summed E-state index contributed by atoms with van der Waals surface area (Å²) in [5.41, 5.74) is 5.16. The van der Waals surface area contributed by atoms with Crippen molar-refractivity contribution in [1.82, 2.24) is 4.90 Å². The minimum atomic E-state index is -0.636. The molecule has 1 fully saturated rings. The molecule has 1 rings (SSSR count). The van der Waals surface area contributed by atoms with Crippen LogP contribution in [0, 0.1) is 17.2 Å². The van der Waals surface area contributed by atoms with Crippen molar-refractivity contribution in [3.63, 3.8) is 0 Å². The van der Waals surface area contributed by atoms with Gasteiger partial charge < -0.3 is 10.6 Å². The second-order valence-corrected chi connectivity index (χ2v) is 5.38. The van der Waals surface area contributed by atoms with Crippen LogP contribution in [0.15, 0.2) is 0 Å². The molecule has 0 aromatic heterocycles. The van der Waals surface area contributed by atoms with E-state index in [4.69, 9.17) is 11.0 Å². The zero-order valence-corrected chi connectivity index (χ0v) is 10.7. The number of likely N-dealkylation sites (tertiary alicyclic amines) is 1. The highest BCUT2D eigenvalue weighted by molar-refractivity contribution is 5.00. The van der Waals surface area contributed by atoms with Crippen LogP contribution < -0.4 is 5.73 Å². The third-order valence-electron chi connectivity index (χ3n) is 3.49. The molecule has 0 saturated carbocycles. The Morgan fingerprint density at radius 1 is 1.56 bits per heavy atom. The molecule has 1 aliphatic rings. The van der Waals surface area contributed by atoms with Gasteiger partial charge in [0, 0.05) is 6.54 Å². The van der Waals surface area contributed by atoms with Gasteiger partial charge in [0.15, 0.2) is 0 Å². The van der Waals surface area contributed by atoms with Crippen LogP contribution in [0.2, 0.25) is 0 Å². The van der Waals surface area contributed by atoms with Gasteiger partial charge in [-0.1, -0.05) is 13.3 Å². The molecular weight excluding hydrogens is 198 g/mol. The first-order valence-corrected chi connectivity index (χ1v) is 6.50. The zero-order valence-electron chi connectivity index (χ0n) is 10.7. The molecule has 1 heterocycles. The van der Waals surface area contributed by atoms with Gasteiger partial charge in [-0.25, -0.2) is 0 Å². The first kappa shape index (κ1) is 13.5. The van der Waals surface area contributed by atoms with Gasteiger partial charge in [-0.15, -0.1) is 0 Å². The van der Waals surface area contributed by atoms with Crippen LogP contribution >= 0.6 is 0 Å². The van der Waals surface area contributed by atoms with Gasteiger partial charge in [0.2, 0.25) is 0 Å². The number of hydrogen-bond acceptors (Lipinski definition) is 3. The summed E-state index contributed by atoms with van der Waals surface area (Å²) in [6.45, 7) is 7.67. The number of nitrogens with zero attached hydrogens (tertiary/aromatic N) is 2. The molecule has 0 radical (unpaired) electrons. The van der Waals surface area contributed by atoms with E-state index in [1.165, 1.54) is 32.4 Å². The topological polar surface area (TPSA) is 53.0 Å². The fourth-order valence-electron chi connectivity index (χ4n) is 2.49. The van der Waals surface area contributed by atoms with E-state index in [-0.39, 0.29) is 0 Å². The zero-order chi connectivity index (χ0) is 12.0. The second-order valence-electron chi connectivity index (χ2n) is 5.38. The molecule has 3 heteroatoms. The standard InChI is InChI=1S/C13H25N3/c1-3-5-12-6-9-16(10-12)8-4-7-13(2,15)11-14/h12H,3-10,15H2,1-2H3. The van der Waals surface area contributed by atoms with E-state index in [9.17, 15) is 0 Å². The Labute approximate surface area is 99.6 Å². The van der Waals surface area contributed by atoms with Crippen molar-refractivity contribution < 1.29 is 0 Å².